The fraction of sp³-hybridized carbons (Fsp3) is 0.211. The van der Waals surface area contributed by atoms with Crippen molar-refractivity contribution in [2.45, 2.75) is 12.6 Å². The second-order valence-electron chi connectivity index (χ2n) is 6.10. The quantitative estimate of drug-likeness (QED) is 0.689. The Morgan fingerprint density at radius 3 is 2.54 bits per heavy atom. The number of benzene rings is 2. The normalized spacial score (nSPS) is 14.9. The summed E-state index contributed by atoms with van der Waals surface area (Å²) in [5, 5.41) is 14.8. The Hall–Kier alpha value is -2.91. The number of amides is 4. The number of urea groups is 1. The maximum absolute atomic E-state index is 13.6. The van der Waals surface area contributed by atoms with E-state index in [-0.39, 0.29) is 35.6 Å². The summed E-state index contributed by atoms with van der Waals surface area (Å²) >= 11 is 0.980. The van der Waals surface area contributed by atoms with E-state index in [4.69, 9.17) is 0 Å². The SMILES string of the molecule is O=C(NCC(O)c1ccccc1F)Nc1ccc(CN2C(=O)CSC2=O)cc1. The van der Waals surface area contributed by atoms with Crippen LogP contribution in [0.15, 0.2) is 48.5 Å². The van der Waals surface area contributed by atoms with Crippen molar-refractivity contribution in [2.24, 2.45) is 0 Å². The molecule has 146 valence electrons. The lowest BCUT2D eigenvalue weighted by Gasteiger charge is -2.14. The van der Waals surface area contributed by atoms with Crippen LogP contribution < -0.4 is 10.6 Å². The molecule has 1 aliphatic rings. The number of imide groups is 1. The number of hydrogen-bond donors (Lipinski definition) is 3. The van der Waals surface area contributed by atoms with Crippen molar-refractivity contribution >= 4 is 34.6 Å². The molecule has 3 N–H and O–H groups in total. The molecule has 7 nitrogen and oxygen atoms in total. The first-order valence-corrected chi connectivity index (χ1v) is 9.46. The molecule has 0 aromatic heterocycles. The summed E-state index contributed by atoms with van der Waals surface area (Å²) in [7, 11) is 0. The van der Waals surface area contributed by atoms with Gasteiger partial charge in [0.05, 0.1) is 18.4 Å². The number of nitrogens with zero attached hydrogens (tertiary/aromatic N) is 1. The topological polar surface area (TPSA) is 98.7 Å². The van der Waals surface area contributed by atoms with Crippen LogP contribution in [0.1, 0.15) is 17.2 Å². The number of halogens is 1. The van der Waals surface area contributed by atoms with Gasteiger partial charge in [-0.1, -0.05) is 42.1 Å². The van der Waals surface area contributed by atoms with Crippen molar-refractivity contribution < 1.29 is 23.9 Å². The Kier molecular flexibility index (Phi) is 6.27. The van der Waals surface area contributed by atoms with Gasteiger partial charge in [0.1, 0.15) is 5.82 Å². The van der Waals surface area contributed by atoms with Gasteiger partial charge in [-0.15, -0.1) is 0 Å². The predicted molar refractivity (Wildman–Crippen MR) is 103 cm³/mol. The minimum atomic E-state index is -1.16. The van der Waals surface area contributed by atoms with Gasteiger partial charge in [-0.05, 0) is 23.8 Å². The fourth-order valence-corrected chi connectivity index (χ4v) is 3.35. The number of thioether (sulfide) groups is 1. The van der Waals surface area contributed by atoms with Crippen molar-refractivity contribution in [1.82, 2.24) is 10.2 Å². The maximum Gasteiger partial charge on any atom is 0.319 e. The molecule has 4 amide bonds. The van der Waals surface area contributed by atoms with E-state index >= 15 is 0 Å². The van der Waals surface area contributed by atoms with E-state index in [9.17, 15) is 23.9 Å². The number of anilines is 1. The third-order valence-corrected chi connectivity index (χ3v) is 4.97. The molecule has 0 saturated carbocycles. The lowest BCUT2D eigenvalue weighted by atomic mass is 10.1. The monoisotopic (exact) mass is 403 g/mol. The molecule has 1 atom stereocenters. The smallest absolute Gasteiger partial charge is 0.319 e. The predicted octanol–water partition coefficient (Wildman–Crippen LogP) is 2.88. The molecular formula is C19H18FN3O4S. The third-order valence-electron chi connectivity index (χ3n) is 4.11. The summed E-state index contributed by atoms with van der Waals surface area (Å²) in [5.74, 6) is -0.594. The van der Waals surface area contributed by atoms with Gasteiger partial charge < -0.3 is 15.7 Å². The minimum Gasteiger partial charge on any atom is -0.386 e. The highest BCUT2D eigenvalue weighted by Crippen LogP contribution is 2.22. The molecule has 0 radical (unpaired) electrons. The molecule has 1 fully saturated rings. The molecular weight excluding hydrogens is 385 g/mol. The van der Waals surface area contributed by atoms with Crippen LogP contribution in [0.4, 0.5) is 19.7 Å². The van der Waals surface area contributed by atoms with Crippen LogP contribution in [-0.4, -0.2) is 39.5 Å². The van der Waals surface area contributed by atoms with Crippen molar-refractivity contribution in [2.75, 3.05) is 17.6 Å². The summed E-state index contributed by atoms with van der Waals surface area (Å²) in [6.07, 6.45) is -1.16. The molecule has 2 aromatic carbocycles. The molecule has 0 aliphatic carbocycles. The highest BCUT2D eigenvalue weighted by molar-refractivity contribution is 8.14. The van der Waals surface area contributed by atoms with Crippen molar-refractivity contribution in [3.8, 4) is 0 Å². The molecule has 1 unspecified atom stereocenters. The number of aliphatic hydroxyl groups is 1. The Balaban J connectivity index is 1.50. The van der Waals surface area contributed by atoms with E-state index < -0.39 is 18.0 Å². The number of carbonyl (C=O) groups excluding carboxylic acids is 3. The average Bonchev–Trinajstić information content (AvgIpc) is 3.00. The van der Waals surface area contributed by atoms with Crippen LogP contribution in [0, 0.1) is 5.82 Å². The van der Waals surface area contributed by atoms with Crippen LogP contribution in [0.2, 0.25) is 0 Å². The van der Waals surface area contributed by atoms with E-state index in [1.807, 2.05) is 0 Å². The first-order chi connectivity index (χ1) is 13.4. The second kappa shape index (κ2) is 8.85. The van der Waals surface area contributed by atoms with Crippen molar-refractivity contribution in [1.29, 1.82) is 0 Å². The molecule has 1 saturated heterocycles. The van der Waals surface area contributed by atoms with Crippen LogP contribution in [0.3, 0.4) is 0 Å². The molecule has 2 aromatic rings. The lowest BCUT2D eigenvalue weighted by Crippen LogP contribution is -2.32. The number of carbonyl (C=O) groups is 3. The molecule has 0 bridgehead atoms. The third kappa shape index (κ3) is 4.87. The van der Waals surface area contributed by atoms with E-state index in [1.165, 1.54) is 23.1 Å². The number of rotatable bonds is 6. The van der Waals surface area contributed by atoms with E-state index in [1.54, 1.807) is 30.3 Å². The standard InChI is InChI=1S/C19H18FN3O4S/c20-15-4-2-1-3-14(15)16(24)9-21-18(26)22-13-7-5-12(6-8-13)10-23-17(25)11-28-19(23)27/h1-8,16,24H,9-11H2,(H2,21,22,26). The summed E-state index contributed by atoms with van der Waals surface area (Å²) < 4.78 is 13.6. The molecule has 0 spiro atoms. The zero-order valence-electron chi connectivity index (χ0n) is 14.7. The van der Waals surface area contributed by atoms with Crippen LogP contribution in [-0.2, 0) is 11.3 Å². The van der Waals surface area contributed by atoms with E-state index in [0.717, 1.165) is 17.3 Å². The van der Waals surface area contributed by atoms with Gasteiger partial charge in [0.2, 0.25) is 5.91 Å². The highest BCUT2D eigenvalue weighted by Gasteiger charge is 2.29. The van der Waals surface area contributed by atoms with Gasteiger partial charge >= 0.3 is 6.03 Å². The van der Waals surface area contributed by atoms with Gasteiger partial charge in [-0.2, -0.15) is 0 Å². The van der Waals surface area contributed by atoms with Gasteiger partial charge in [0, 0.05) is 17.8 Å². The average molecular weight is 403 g/mol. The fourth-order valence-electron chi connectivity index (χ4n) is 2.63. The van der Waals surface area contributed by atoms with Crippen LogP contribution in [0.5, 0.6) is 0 Å². The van der Waals surface area contributed by atoms with E-state index in [2.05, 4.69) is 10.6 Å². The maximum atomic E-state index is 13.6. The Morgan fingerprint density at radius 1 is 1.18 bits per heavy atom. The van der Waals surface area contributed by atoms with Gasteiger partial charge in [-0.25, -0.2) is 9.18 Å². The molecule has 3 rings (SSSR count). The Morgan fingerprint density at radius 2 is 1.89 bits per heavy atom. The minimum absolute atomic E-state index is 0.108. The zero-order chi connectivity index (χ0) is 20.1. The summed E-state index contributed by atoms with van der Waals surface area (Å²) in [5.41, 5.74) is 1.36. The number of hydrogen-bond acceptors (Lipinski definition) is 5. The number of aliphatic hydroxyl groups excluding tert-OH is 1. The number of nitrogens with one attached hydrogen (secondary N) is 2. The summed E-state index contributed by atoms with van der Waals surface area (Å²) in [6.45, 7) is 0.0354. The highest BCUT2D eigenvalue weighted by atomic mass is 32.2. The van der Waals surface area contributed by atoms with E-state index in [0.29, 0.717) is 5.69 Å². The first-order valence-electron chi connectivity index (χ1n) is 8.47. The largest absolute Gasteiger partial charge is 0.386 e. The summed E-state index contributed by atoms with van der Waals surface area (Å²) in [4.78, 5) is 36.4. The van der Waals surface area contributed by atoms with Crippen molar-refractivity contribution in [3.63, 3.8) is 0 Å². The molecule has 1 heterocycles. The zero-order valence-corrected chi connectivity index (χ0v) is 15.5. The lowest BCUT2D eigenvalue weighted by molar-refractivity contribution is -0.125. The van der Waals surface area contributed by atoms with Crippen LogP contribution in [0.25, 0.3) is 0 Å². The second-order valence-corrected chi connectivity index (χ2v) is 7.03. The Labute approximate surface area is 164 Å². The molecule has 28 heavy (non-hydrogen) atoms. The van der Waals surface area contributed by atoms with Crippen molar-refractivity contribution in [3.05, 3.63) is 65.5 Å². The first kappa shape index (κ1) is 19.8. The Bertz CT molecular complexity index is 875. The van der Waals surface area contributed by atoms with Gasteiger partial charge in [0.25, 0.3) is 5.24 Å². The molecule has 1 aliphatic heterocycles. The van der Waals surface area contributed by atoms with Gasteiger partial charge in [0.15, 0.2) is 0 Å². The van der Waals surface area contributed by atoms with Crippen LogP contribution >= 0.6 is 11.8 Å². The van der Waals surface area contributed by atoms with Gasteiger partial charge in [-0.3, -0.25) is 14.5 Å². The summed E-state index contributed by atoms with van der Waals surface area (Å²) in [6, 6.07) is 11.9. The molecule has 9 heteroatoms.